The molecular weight excluding hydrogens is 356 g/mol. The van der Waals surface area contributed by atoms with E-state index in [1.54, 1.807) is 18.5 Å². The molecule has 0 radical (unpaired) electrons. The molecule has 0 unspecified atom stereocenters. The van der Waals surface area contributed by atoms with Crippen LogP contribution in [0.25, 0.3) is 21.6 Å². The number of aryl methyl sites for hydroxylation is 3. The van der Waals surface area contributed by atoms with Gasteiger partial charge in [-0.2, -0.15) is 0 Å². The SMILES string of the molecule is Cc1nc(-c2ncccn2)sc1C(=O)Nc1ccc2c3c(cccc13)CC2. The van der Waals surface area contributed by atoms with Gasteiger partial charge in [0.15, 0.2) is 10.8 Å². The van der Waals surface area contributed by atoms with Crippen molar-refractivity contribution in [2.75, 3.05) is 5.32 Å². The number of carbonyl (C=O) groups excluding carboxylic acids is 1. The Balaban J connectivity index is 1.50. The van der Waals surface area contributed by atoms with E-state index in [0.717, 1.165) is 23.9 Å². The van der Waals surface area contributed by atoms with E-state index in [-0.39, 0.29) is 5.91 Å². The Morgan fingerprint density at radius 3 is 2.63 bits per heavy atom. The minimum absolute atomic E-state index is 0.147. The monoisotopic (exact) mass is 372 g/mol. The van der Waals surface area contributed by atoms with Gasteiger partial charge in [-0.1, -0.05) is 24.3 Å². The van der Waals surface area contributed by atoms with Crippen molar-refractivity contribution in [1.29, 1.82) is 0 Å². The second-order valence-electron chi connectivity index (χ2n) is 6.57. The predicted molar refractivity (Wildman–Crippen MR) is 107 cm³/mol. The molecule has 132 valence electrons. The average molecular weight is 372 g/mol. The number of thiazole rings is 1. The first-order valence-corrected chi connectivity index (χ1v) is 9.62. The van der Waals surface area contributed by atoms with Gasteiger partial charge in [0.25, 0.3) is 5.91 Å². The number of carbonyl (C=O) groups is 1. The maximum Gasteiger partial charge on any atom is 0.267 e. The lowest BCUT2D eigenvalue weighted by Gasteiger charge is -2.10. The third kappa shape index (κ3) is 2.69. The second-order valence-corrected chi connectivity index (χ2v) is 7.57. The molecule has 2 heterocycles. The molecule has 4 aromatic rings. The quantitative estimate of drug-likeness (QED) is 0.578. The standard InChI is InChI=1S/C21H16N4OS/c1-12-18(27-21(24-12)19-22-10-3-11-23-19)20(26)25-16-9-8-14-7-6-13-4-2-5-15(16)17(13)14/h2-5,8-11H,6-7H2,1H3,(H,25,26). The number of amides is 1. The van der Waals surface area contributed by atoms with Gasteiger partial charge in [-0.05, 0) is 48.4 Å². The Hall–Kier alpha value is -3.12. The largest absolute Gasteiger partial charge is 0.321 e. The summed E-state index contributed by atoms with van der Waals surface area (Å²) >= 11 is 1.32. The van der Waals surface area contributed by atoms with E-state index in [4.69, 9.17) is 0 Å². The molecule has 0 atom stereocenters. The summed E-state index contributed by atoms with van der Waals surface area (Å²) in [5.74, 6) is 0.390. The maximum absolute atomic E-state index is 12.9. The van der Waals surface area contributed by atoms with E-state index in [1.807, 2.05) is 13.0 Å². The van der Waals surface area contributed by atoms with Crippen LogP contribution in [0.3, 0.4) is 0 Å². The lowest BCUT2D eigenvalue weighted by atomic mass is 10.0. The fourth-order valence-electron chi connectivity index (χ4n) is 3.65. The van der Waals surface area contributed by atoms with Gasteiger partial charge in [-0.3, -0.25) is 4.79 Å². The molecule has 2 aromatic heterocycles. The lowest BCUT2D eigenvalue weighted by molar-refractivity contribution is 0.103. The molecule has 0 saturated carbocycles. The molecule has 0 saturated heterocycles. The van der Waals surface area contributed by atoms with Gasteiger partial charge >= 0.3 is 0 Å². The summed E-state index contributed by atoms with van der Waals surface area (Å²) in [5.41, 5.74) is 4.24. The second kappa shape index (κ2) is 6.25. The number of anilines is 1. The number of aromatic nitrogens is 3. The number of rotatable bonds is 3. The van der Waals surface area contributed by atoms with Crippen molar-refractivity contribution in [2.45, 2.75) is 19.8 Å². The van der Waals surface area contributed by atoms with Crippen LogP contribution in [-0.4, -0.2) is 20.9 Å². The zero-order valence-corrected chi connectivity index (χ0v) is 15.5. The van der Waals surface area contributed by atoms with Crippen LogP contribution < -0.4 is 5.32 Å². The number of hydrogen-bond acceptors (Lipinski definition) is 5. The Morgan fingerprint density at radius 1 is 1.04 bits per heavy atom. The molecule has 5 nitrogen and oxygen atoms in total. The zero-order chi connectivity index (χ0) is 18.4. The summed E-state index contributed by atoms with van der Waals surface area (Å²) in [5, 5.41) is 6.12. The van der Waals surface area contributed by atoms with Crippen LogP contribution in [0.1, 0.15) is 26.5 Å². The van der Waals surface area contributed by atoms with Gasteiger partial charge in [0.2, 0.25) is 0 Å². The van der Waals surface area contributed by atoms with Gasteiger partial charge in [0.05, 0.1) is 5.69 Å². The molecule has 5 rings (SSSR count). The molecule has 6 heteroatoms. The number of benzene rings is 2. The molecule has 1 aliphatic rings. The van der Waals surface area contributed by atoms with Crippen molar-refractivity contribution in [1.82, 2.24) is 15.0 Å². The highest BCUT2D eigenvalue weighted by Gasteiger charge is 2.20. The van der Waals surface area contributed by atoms with E-state index in [2.05, 4.69) is 44.5 Å². The fourth-order valence-corrected chi connectivity index (χ4v) is 4.56. The third-order valence-electron chi connectivity index (χ3n) is 4.88. The molecular formula is C21H16N4OS. The first-order chi connectivity index (χ1) is 13.2. The van der Waals surface area contributed by atoms with E-state index in [9.17, 15) is 4.79 Å². The molecule has 0 bridgehead atoms. The first-order valence-electron chi connectivity index (χ1n) is 8.80. The van der Waals surface area contributed by atoms with Crippen LogP contribution in [0.5, 0.6) is 0 Å². The summed E-state index contributed by atoms with van der Waals surface area (Å²) in [6, 6.07) is 12.2. The normalized spacial score (nSPS) is 12.5. The van der Waals surface area contributed by atoms with Crippen molar-refractivity contribution >= 4 is 33.7 Å². The van der Waals surface area contributed by atoms with Crippen molar-refractivity contribution in [3.63, 3.8) is 0 Å². The van der Waals surface area contributed by atoms with Crippen molar-refractivity contribution in [3.8, 4) is 10.8 Å². The molecule has 1 aliphatic carbocycles. The summed E-state index contributed by atoms with van der Waals surface area (Å²) in [7, 11) is 0. The minimum atomic E-state index is -0.147. The highest BCUT2D eigenvalue weighted by atomic mass is 32.1. The summed E-state index contributed by atoms with van der Waals surface area (Å²) < 4.78 is 0. The molecule has 1 N–H and O–H groups in total. The van der Waals surface area contributed by atoms with E-state index in [1.165, 1.54) is 27.8 Å². The summed E-state index contributed by atoms with van der Waals surface area (Å²) in [6.45, 7) is 1.84. The molecule has 0 fully saturated rings. The fraction of sp³-hybridized carbons (Fsp3) is 0.143. The molecule has 2 aromatic carbocycles. The van der Waals surface area contributed by atoms with E-state index in [0.29, 0.717) is 21.4 Å². The minimum Gasteiger partial charge on any atom is -0.321 e. The predicted octanol–water partition coefficient (Wildman–Crippen LogP) is 4.41. The van der Waals surface area contributed by atoms with Crippen LogP contribution in [0.15, 0.2) is 48.8 Å². The topological polar surface area (TPSA) is 67.8 Å². The van der Waals surface area contributed by atoms with Crippen LogP contribution in [-0.2, 0) is 12.8 Å². The van der Waals surface area contributed by atoms with E-state index >= 15 is 0 Å². The Morgan fingerprint density at radius 2 is 1.81 bits per heavy atom. The van der Waals surface area contributed by atoms with Crippen LogP contribution >= 0.6 is 11.3 Å². The first kappa shape index (κ1) is 16.1. The van der Waals surface area contributed by atoms with Gasteiger partial charge in [-0.25, -0.2) is 15.0 Å². The average Bonchev–Trinajstić information content (AvgIpc) is 3.29. The van der Waals surface area contributed by atoms with Crippen LogP contribution in [0, 0.1) is 6.92 Å². The highest BCUT2D eigenvalue weighted by Crippen LogP contribution is 2.35. The molecule has 1 amide bonds. The van der Waals surface area contributed by atoms with Gasteiger partial charge in [-0.15, -0.1) is 11.3 Å². The van der Waals surface area contributed by atoms with Gasteiger partial charge in [0, 0.05) is 23.5 Å². The Bertz CT molecular complexity index is 1170. The third-order valence-corrected chi connectivity index (χ3v) is 6.04. The molecule has 0 aliphatic heterocycles. The Labute approximate surface area is 160 Å². The number of nitrogens with zero attached hydrogens (tertiary/aromatic N) is 3. The zero-order valence-electron chi connectivity index (χ0n) is 14.7. The smallest absolute Gasteiger partial charge is 0.267 e. The van der Waals surface area contributed by atoms with Crippen molar-refractivity contribution < 1.29 is 4.79 Å². The molecule has 0 spiro atoms. The lowest BCUT2D eigenvalue weighted by Crippen LogP contribution is -2.12. The van der Waals surface area contributed by atoms with Crippen molar-refractivity contribution in [3.05, 3.63) is 70.5 Å². The number of hydrogen-bond donors (Lipinski definition) is 1. The van der Waals surface area contributed by atoms with Crippen LogP contribution in [0.4, 0.5) is 5.69 Å². The maximum atomic E-state index is 12.9. The number of nitrogens with one attached hydrogen (secondary N) is 1. The molecule has 27 heavy (non-hydrogen) atoms. The van der Waals surface area contributed by atoms with Crippen LogP contribution in [0.2, 0.25) is 0 Å². The summed E-state index contributed by atoms with van der Waals surface area (Å²) in [6.07, 6.45) is 5.48. The Kier molecular flexibility index (Phi) is 3.72. The van der Waals surface area contributed by atoms with Gasteiger partial charge in [0.1, 0.15) is 4.88 Å². The summed E-state index contributed by atoms with van der Waals surface area (Å²) in [4.78, 5) is 26.4. The van der Waals surface area contributed by atoms with Gasteiger partial charge < -0.3 is 5.32 Å². The highest BCUT2D eigenvalue weighted by molar-refractivity contribution is 7.17. The van der Waals surface area contributed by atoms with Crippen molar-refractivity contribution in [2.24, 2.45) is 0 Å². The van der Waals surface area contributed by atoms with E-state index < -0.39 is 0 Å².